The molecule has 0 atom stereocenters. The van der Waals surface area contributed by atoms with Crippen molar-refractivity contribution in [1.29, 1.82) is 0 Å². The van der Waals surface area contributed by atoms with Gasteiger partial charge in [0.25, 0.3) is 0 Å². The lowest BCUT2D eigenvalue weighted by atomic mass is 10.3. The monoisotopic (exact) mass is 179 g/mol. The zero-order valence-electron chi connectivity index (χ0n) is 8.38. The van der Waals surface area contributed by atoms with E-state index < -0.39 is 0 Å². The van der Waals surface area contributed by atoms with Gasteiger partial charge in [-0.15, -0.1) is 6.58 Å². The Bertz CT molecular complexity index is 276. The van der Waals surface area contributed by atoms with Crippen molar-refractivity contribution in [2.45, 2.75) is 19.9 Å². The molecule has 0 aromatic carbocycles. The first-order valence-electron chi connectivity index (χ1n) is 4.55. The minimum Gasteiger partial charge on any atom is -0.311 e. The minimum absolute atomic E-state index is 0.880. The molecule has 0 aliphatic carbocycles. The van der Waals surface area contributed by atoms with Crippen molar-refractivity contribution >= 4 is 0 Å². The quantitative estimate of drug-likeness (QED) is 0.547. The third kappa shape index (κ3) is 3.03. The van der Waals surface area contributed by atoms with E-state index in [-0.39, 0.29) is 0 Å². The van der Waals surface area contributed by atoms with E-state index in [1.165, 1.54) is 5.69 Å². The van der Waals surface area contributed by atoms with Crippen LogP contribution in [0.2, 0.25) is 0 Å². The van der Waals surface area contributed by atoms with Crippen LogP contribution in [0.4, 0.5) is 0 Å². The van der Waals surface area contributed by atoms with Gasteiger partial charge in [0, 0.05) is 13.6 Å². The predicted octanol–water partition coefficient (Wildman–Crippen LogP) is 1.39. The van der Waals surface area contributed by atoms with E-state index in [1.807, 2.05) is 24.7 Å². The van der Waals surface area contributed by atoms with Crippen molar-refractivity contribution in [2.75, 3.05) is 6.54 Å². The van der Waals surface area contributed by atoms with Crippen LogP contribution in [0.1, 0.15) is 17.8 Å². The molecule has 1 aromatic rings. The molecule has 1 heterocycles. The third-order valence-electron chi connectivity index (χ3n) is 1.93. The lowest BCUT2D eigenvalue weighted by molar-refractivity contribution is 0.628. The van der Waals surface area contributed by atoms with E-state index in [4.69, 9.17) is 0 Å². The number of hydrogen-bond donors (Lipinski definition) is 1. The first-order chi connectivity index (χ1) is 6.24. The highest BCUT2D eigenvalue weighted by Crippen LogP contribution is 2.00. The molecular weight excluding hydrogens is 162 g/mol. The molecule has 0 bridgehead atoms. The van der Waals surface area contributed by atoms with Crippen LogP contribution in [0.5, 0.6) is 0 Å². The Labute approximate surface area is 79.5 Å². The van der Waals surface area contributed by atoms with Gasteiger partial charge in [-0.05, 0) is 26.0 Å². The highest BCUT2D eigenvalue weighted by atomic mass is 15.3. The van der Waals surface area contributed by atoms with Gasteiger partial charge in [0.1, 0.15) is 0 Å². The van der Waals surface area contributed by atoms with Crippen molar-refractivity contribution in [3.63, 3.8) is 0 Å². The highest BCUT2D eigenvalue weighted by molar-refractivity contribution is 5.08. The fraction of sp³-hybridized carbons (Fsp3) is 0.500. The van der Waals surface area contributed by atoms with Gasteiger partial charge in [-0.25, -0.2) is 0 Å². The molecule has 1 aromatic heterocycles. The van der Waals surface area contributed by atoms with Gasteiger partial charge in [-0.1, -0.05) is 6.08 Å². The lowest BCUT2D eigenvalue weighted by Crippen LogP contribution is -2.16. The van der Waals surface area contributed by atoms with E-state index >= 15 is 0 Å². The number of rotatable bonds is 5. The van der Waals surface area contributed by atoms with Gasteiger partial charge >= 0.3 is 0 Å². The largest absolute Gasteiger partial charge is 0.311 e. The molecule has 0 amide bonds. The van der Waals surface area contributed by atoms with Gasteiger partial charge in [-0.2, -0.15) is 5.10 Å². The van der Waals surface area contributed by atoms with Gasteiger partial charge in [0.15, 0.2) is 0 Å². The van der Waals surface area contributed by atoms with E-state index in [0.717, 1.165) is 25.2 Å². The Balaban J connectivity index is 2.36. The maximum absolute atomic E-state index is 4.27. The van der Waals surface area contributed by atoms with Gasteiger partial charge < -0.3 is 5.32 Å². The normalized spacial score (nSPS) is 10.3. The number of aryl methyl sites for hydroxylation is 2. The van der Waals surface area contributed by atoms with Crippen molar-refractivity contribution in [3.05, 3.63) is 30.1 Å². The molecule has 13 heavy (non-hydrogen) atoms. The van der Waals surface area contributed by atoms with E-state index in [0.29, 0.717) is 0 Å². The summed E-state index contributed by atoms with van der Waals surface area (Å²) in [7, 11) is 1.97. The van der Waals surface area contributed by atoms with Gasteiger partial charge in [-0.3, -0.25) is 4.68 Å². The molecule has 0 spiro atoms. The molecule has 72 valence electrons. The lowest BCUT2D eigenvalue weighted by Gasteiger charge is -2.02. The second-order valence-corrected chi connectivity index (χ2v) is 3.15. The molecule has 3 nitrogen and oxygen atoms in total. The van der Waals surface area contributed by atoms with Crippen LogP contribution in [0.25, 0.3) is 0 Å². The summed E-state index contributed by atoms with van der Waals surface area (Å²) in [5, 5.41) is 7.59. The molecule has 0 aliphatic heterocycles. The Morgan fingerprint density at radius 3 is 3.00 bits per heavy atom. The molecule has 0 saturated heterocycles. The van der Waals surface area contributed by atoms with Crippen molar-refractivity contribution < 1.29 is 0 Å². The summed E-state index contributed by atoms with van der Waals surface area (Å²) in [5.74, 6) is 0. The summed E-state index contributed by atoms with van der Waals surface area (Å²) in [6.07, 6.45) is 2.93. The second kappa shape index (κ2) is 4.82. The van der Waals surface area contributed by atoms with Crippen LogP contribution < -0.4 is 5.32 Å². The van der Waals surface area contributed by atoms with Gasteiger partial charge in [0.2, 0.25) is 0 Å². The SMILES string of the molecule is C=CCCNCc1cc(C)nn1C. The maximum atomic E-state index is 4.27. The predicted molar refractivity (Wildman–Crippen MR) is 54.5 cm³/mol. The number of nitrogens with zero attached hydrogens (tertiary/aromatic N) is 2. The summed E-state index contributed by atoms with van der Waals surface area (Å²) in [4.78, 5) is 0. The molecule has 3 heteroatoms. The van der Waals surface area contributed by atoms with Crippen LogP contribution in [-0.4, -0.2) is 16.3 Å². The first kappa shape index (κ1) is 9.99. The van der Waals surface area contributed by atoms with Crippen LogP contribution in [-0.2, 0) is 13.6 Å². The summed E-state index contributed by atoms with van der Waals surface area (Å²) in [5.41, 5.74) is 2.30. The van der Waals surface area contributed by atoms with Crippen LogP contribution in [0.15, 0.2) is 18.7 Å². The molecule has 0 fully saturated rings. The number of aromatic nitrogens is 2. The summed E-state index contributed by atoms with van der Waals surface area (Å²) in [6.45, 7) is 7.54. The average Bonchev–Trinajstić information content (AvgIpc) is 2.39. The molecule has 1 rings (SSSR count). The maximum Gasteiger partial charge on any atom is 0.0597 e. The molecular formula is C10H17N3. The average molecular weight is 179 g/mol. The van der Waals surface area contributed by atoms with Crippen LogP contribution in [0, 0.1) is 6.92 Å². The molecule has 0 saturated carbocycles. The van der Waals surface area contributed by atoms with Crippen molar-refractivity contribution in [1.82, 2.24) is 15.1 Å². The fourth-order valence-corrected chi connectivity index (χ4v) is 1.25. The molecule has 0 radical (unpaired) electrons. The van der Waals surface area contributed by atoms with Crippen LogP contribution >= 0.6 is 0 Å². The van der Waals surface area contributed by atoms with E-state index in [2.05, 4.69) is 23.1 Å². The summed E-state index contributed by atoms with van der Waals surface area (Å²) >= 11 is 0. The number of nitrogens with one attached hydrogen (secondary N) is 1. The Morgan fingerprint density at radius 1 is 1.69 bits per heavy atom. The summed E-state index contributed by atoms with van der Waals surface area (Å²) < 4.78 is 1.91. The van der Waals surface area contributed by atoms with Crippen LogP contribution in [0.3, 0.4) is 0 Å². The summed E-state index contributed by atoms with van der Waals surface area (Å²) in [6, 6.07) is 2.10. The molecule has 0 unspecified atom stereocenters. The smallest absolute Gasteiger partial charge is 0.0597 e. The zero-order chi connectivity index (χ0) is 9.68. The van der Waals surface area contributed by atoms with E-state index in [9.17, 15) is 0 Å². The highest BCUT2D eigenvalue weighted by Gasteiger charge is 1.99. The minimum atomic E-state index is 0.880. The third-order valence-corrected chi connectivity index (χ3v) is 1.93. The fourth-order valence-electron chi connectivity index (χ4n) is 1.25. The molecule has 1 N–H and O–H groups in total. The van der Waals surface area contributed by atoms with Crippen molar-refractivity contribution in [2.24, 2.45) is 7.05 Å². The van der Waals surface area contributed by atoms with Gasteiger partial charge in [0.05, 0.1) is 11.4 Å². The molecule has 0 aliphatic rings. The Kier molecular flexibility index (Phi) is 3.71. The standard InChI is InChI=1S/C10H17N3/c1-4-5-6-11-8-10-7-9(2)12-13(10)3/h4,7,11H,1,5-6,8H2,2-3H3. The van der Waals surface area contributed by atoms with E-state index in [1.54, 1.807) is 0 Å². The number of hydrogen-bond acceptors (Lipinski definition) is 2. The van der Waals surface area contributed by atoms with Crippen molar-refractivity contribution in [3.8, 4) is 0 Å². The second-order valence-electron chi connectivity index (χ2n) is 3.15. The zero-order valence-corrected chi connectivity index (χ0v) is 8.38. The first-order valence-corrected chi connectivity index (χ1v) is 4.55. The topological polar surface area (TPSA) is 29.9 Å². The Hall–Kier alpha value is -1.09. The Morgan fingerprint density at radius 2 is 2.46 bits per heavy atom.